The first-order valence-electron chi connectivity index (χ1n) is 4.13. The second kappa shape index (κ2) is 4.67. The minimum absolute atomic E-state index is 0.106. The third kappa shape index (κ3) is 2.52. The molecule has 1 nitrogen and oxygen atoms in total. The summed E-state index contributed by atoms with van der Waals surface area (Å²) in [6.07, 6.45) is -3.87. The van der Waals surface area contributed by atoms with Crippen LogP contribution in [-0.4, -0.2) is 12.3 Å². The van der Waals surface area contributed by atoms with Crippen molar-refractivity contribution in [2.75, 3.05) is 0 Å². The lowest BCUT2D eigenvalue weighted by Gasteiger charge is -2.23. The van der Waals surface area contributed by atoms with Gasteiger partial charge in [-0.05, 0) is 33.6 Å². The van der Waals surface area contributed by atoms with Crippen molar-refractivity contribution in [3.63, 3.8) is 0 Å². The van der Waals surface area contributed by atoms with E-state index >= 15 is 0 Å². The predicted molar refractivity (Wildman–Crippen MR) is 52.0 cm³/mol. The van der Waals surface area contributed by atoms with Crippen molar-refractivity contribution < 1.29 is 22.0 Å². The highest BCUT2D eigenvalue weighted by Gasteiger charge is 2.47. The van der Waals surface area contributed by atoms with Crippen LogP contribution in [0.25, 0.3) is 0 Å². The van der Waals surface area contributed by atoms with Gasteiger partial charge in [-0.1, -0.05) is 6.07 Å². The molecule has 0 aromatic heterocycles. The Bertz CT molecular complexity index is 382. The van der Waals surface area contributed by atoms with E-state index in [2.05, 4.69) is 15.9 Å². The predicted octanol–water partition coefficient (Wildman–Crippen LogP) is 3.49. The van der Waals surface area contributed by atoms with Gasteiger partial charge in [0.1, 0.15) is 11.9 Å². The summed E-state index contributed by atoms with van der Waals surface area (Å²) in [6, 6.07) is 0.599. The molecule has 0 amide bonds. The molecule has 0 saturated carbocycles. The van der Waals surface area contributed by atoms with E-state index in [0.717, 1.165) is 18.2 Å². The molecule has 0 aliphatic rings. The number of alkyl halides is 4. The Morgan fingerprint density at radius 2 is 1.81 bits per heavy atom. The molecule has 0 saturated heterocycles. The third-order valence-corrected chi connectivity index (χ3v) is 2.62. The second-order valence-electron chi connectivity index (χ2n) is 3.13. The molecule has 1 rings (SSSR count). The van der Waals surface area contributed by atoms with Crippen LogP contribution < -0.4 is 5.73 Å². The van der Waals surface area contributed by atoms with Gasteiger partial charge in [-0.25, -0.2) is 13.2 Å². The third-order valence-electron chi connectivity index (χ3n) is 2.01. The minimum Gasteiger partial charge on any atom is -0.319 e. The Morgan fingerprint density at radius 3 is 2.25 bits per heavy atom. The zero-order chi connectivity index (χ0) is 12.5. The van der Waals surface area contributed by atoms with Gasteiger partial charge in [0.05, 0.1) is 4.47 Å². The monoisotopic (exact) mass is 303 g/mol. The Kier molecular flexibility index (Phi) is 3.90. The fourth-order valence-corrected chi connectivity index (χ4v) is 1.46. The Hall–Kier alpha value is -0.690. The topological polar surface area (TPSA) is 26.0 Å². The molecule has 0 radical (unpaired) electrons. The Balaban J connectivity index is 3.05. The molecule has 90 valence electrons. The van der Waals surface area contributed by atoms with Crippen LogP contribution in [0.4, 0.5) is 22.0 Å². The van der Waals surface area contributed by atoms with Crippen LogP contribution in [0.5, 0.6) is 0 Å². The summed E-state index contributed by atoms with van der Waals surface area (Å²) in [7, 11) is 0. The maximum Gasteiger partial charge on any atom is 0.326 e. The second-order valence-corrected chi connectivity index (χ2v) is 3.98. The lowest BCUT2D eigenvalue weighted by Crippen LogP contribution is -2.39. The molecule has 0 bridgehead atoms. The number of benzene rings is 1. The highest BCUT2D eigenvalue weighted by atomic mass is 79.9. The molecule has 0 aliphatic heterocycles. The summed E-state index contributed by atoms with van der Waals surface area (Å²) in [5, 5.41) is 0. The Morgan fingerprint density at radius 1 is 1.25 bits per heavy atom. The molecule has 0 aliphatic carbocycles. The average molecular weight is 304 g/mol. The van der Waals surface area contributed by atoms with E-state index in [1.165, 1.54) is 0 Å². The number of hydrogen-bond acceptors (Lipinski definition) is 1. The fraction of sp³-hybridized carbons (Fsp3) is 0.333. The number of halogens is 6. The summed E-state index contributed by atoms with van der Waals surface area (Å²) in [5.41, 5.74) is 4.75. The van der Waals surface area contributed by atoms with E-state index < -0.39 is 24.2 Å². The molecule has 1 aromatic carbocycles. The quantitative estimate of drug-likeness (QED) is 0.850. The van der Waals surface area contributed by atoms with Gasteiger partial charge in [-0.2, -0.15) is 8.78 Å². The first kappa shape index (κ1) is 13.4. The average Bonchev–Trinajstić information content (AvgIpc) is 2.20. The van der Waals surface area contributed by atoms with E-state index in [0.29, 0.717) is 0 Å². The molecule has 0 fully saturated rings. The van der Waals surface area contributed by atoms with Gasteiger partial charge in [0.2, 0.25) is 0 Å². The molecular weight excluding hydrogens is 297 g/mol. The molecule has 1 aromatic rings. The van der Waals surface area contributed by atoms with Crippen molar-refractivity contribution >= 4 is 15.9 Å². The zero-order valence-electron chi connectivity index (χ0n) is 7.73. The van der Waals surface area contributed by atoms with Crippen molar-refractivity contribution in [1.82, 2.24) is 0 Å². The maximum atomic E-state index is 12.9. The summed E-state index contributed by atoms with van der Waals surface area (Å²) in [4.78, 5) is 0. The summed E-state index contributed by atoms with van der Waals surface area (Å²) in [5.74, 6) is -5.03. The lowest BCUT2D eigenvalue weighted by molar-refractivity contribution is -0.144. The number of hydrogen-bond donors (Lipinski definition) is 1. The number of rotatable bonds is 3. The van der Waals surface area contributed by atoms with Crippen molar-refractivity contribution in [1.29, 1.82) is 0 Å². The van der Waals surface area contributed by atoms with Gasteiger partial charge in [0, 0.05) is 0 Å². The number of nitrogens with two attached hydrogens (primary N) is 1. The van der Waals surface area contributed by atoms with Crippen LogP contribution in [0.3, 0.4) is 0 Å². The van der Waals surface area contributed by atoms with Crippen molar-refractivity contribution in [2.45, 2.75) is 18.4 Å². The minimum atomic E-state index is -4.35. The largest absolute Gasteiger partial charge is 0.326 e. The normalized spacial score (nSPS) is 14.2. The van der Waals surface area contributed by atoms with Crippen LogP contribution in [-0.2, 0) is 0 Å². The molecule has 0 heterocycles. The van der Waals surface area contributed by atoms with E-state index in [4.69, 9.17) is 5.73 Å². The maximum absolute atomic E-state index is 12.9. The van der Waals surface area contributed by atoms with Crippen LogP contribution >= 0.6 is 15.9 Å². The van der Waals surface area contributed by atoms with Crippen LogP contribution in [0.15, 0.2) is 22.7 Å². The van der Waals surface area contributed by atoms with Gasteiger partial charge in [-0.3, -0.25) is 0 Å². The van der Waals surface area contributed by atoms with E-state index in [1.807, 2.05) is 0 Å². The molecule has 7 heteroatoms. The SMILES string of the molecule is NC(c1ccc(F)c(Br)c1)C(F)(F)C(F)F. The van der Waals surface area contributed by atoms with Crippen molar-refractivity contribution in [2.24, 2.45) is 5.73 Å². The first-order chi connectivity index (χ1) is 7.26. The van der Waals surface area contributed by atoms with E-state index in [-0.39, 0.29) is 10.0 Å². The molecular formula is C9H7BrF5N. The first-order valence-corrected chi connectivity index (χ1v) is 4.92. The molecule has 16 heavy (non-hydrogen) atoms. The summed E-state index contributed by atoms with van der Waals surface area (Å²) >= 11 is 2.76. The van der Waals surface area contributed by atoms with Crippen molar-refractivity contribution in [3.05, 3.63) is 34.1 Å². The fourth-order valence-electron chi connectivity index (χ4n) is 1.06. The van der Waals surface area contributed by atoms with Gasteiger partial charge < -0.3 is 5.73 Å². The van der Waals surface area contributed by atoms with Gasteiger partial charge in [0.15, 0.2) is 0 Å². The molecule has 1 atom stereocenters. The van der Waals surface area contributed by atoms with E-state index in [9.17, 15) is 22.0 Å². The van der Waals surface area contributed by atoms with Crippen LogP contribution in [0.2, 0.25) is 0 Å². The smallest absolute Gasteiger partial charge is 0.319 e. The molecule has 0 spiro atoms. The highest BCUT2D eigenvalue weighted by Crippen LogP contribution is 2.35. The Labute approximate surface area is 96.6 Å². The van der Waals surface area contributed by atoms with Gasteiger partial charge in [-0.15, -0.1) is 0 Å². The summed E-state index contributed by atoms with van der Waals surface area (Å²) < 4.78 is 62.5. The zero-order valence-corrected chi connectivity index (χ0v) is 9.32. The molecule has 2 N–H and O–H groups in total. The van der Waals surface area contributed by atoms with Gasteiger partial charge >= 0.3 is 12.3 Å². The highest BCUT2D eigenvalue weighted by molar-refractivity contribution is 9.10. The summed E-state index contributed by atoms with van der Waals surface area (Å²) in [6.45, 7) is 0. The van der Waals surface area contributed by atoms with Crippen molar-refractivity contribution in [3.8, 4) is 0 Å². The van der Waals surface area contributed by atoms with Crippen LogP contribution in [0, 0.1) is 5.82 Å². The van der Waals surface area contributed by atoms with Gasteiger partial charge in [0.25, 0.3) is 0 Å². The molecule has 1 unspecified atom stereocenters. The standard InChI is InChI=1S/C9H7BrF5N/c10-5-3-4(1-2-6(5)11)7(16)9(14,15)8(12)13/h1-3,7-8H,16H2. The lowest BCUT2D eigenvalue weighted by atomic mass is 10.0. The van der Waals surface area contributed by atoms with Crippen LogP contribution in [0.1, 0.15) is 11.6 Å². The van der Waals surface area contributed by atoms with E-state index in [1.54, 1.807) is 0 Å².